The smallest absolute Gasteiger partial charge is 0.239 e. The van der Waals surface area contributed by atoms with E-state index >= 15 is 0 Å². The highest BCUT2D eigenvalue weighted by Crippen LogP contribution is 2.16. The number of amides is 1. The van der Waals surface area contributed by atoms with E-state index in [1.165, 1.54) is 6.07 Å². The number of rotatable bonds is 8. The van der Waals surface area contributed by atoms with E-state index in [0.29, 0.717) is 31.0 Å². The summed E-state index contributed by atoms with van der Waals surface area (Å²) in [6.07, 6.45) is 2.31. The summed E-state index contributed by atoms with van der Waals surface area (Å²) >= 11 is 3.24. The van der Waals surface area contributed by atoms with Gasteiger partial charge in [0.15, 0.2) is 5.96 Å². The fourth-order valence-corrected chi connectivity index (χ4v) is 2.25. The number of hydrogen-bond donors (Lipinski definition) is 3. The molecule has 136 valence electrons. The van der Waals surface area contributed by atoms with Crippen molar-refractivity contribution in [2.75, 3.05) is 26.7 Å². The molecule has 3 N–H and O–H groups in total. The first-order valence-corrected chi connectivity index (χ1v) is 8.51. The average Bonchev–Trinajstić information content (AvgIpc) is 2.53. The Morgan fingerprint density at radius 2 is 2.00 bits per heavy atom. The van der Waals surface area contributed by atoms with Gasteiger partial charge in [0.2, 0.25) is 5.91 Å². The van der Waals surface area contributed by atoms with Crippen molar-refractivity contribution in [2.24, 2.45) is 4.99 Å². The summed E-state index contributed by atoms with van der Waals surface area (Å²) in [6, 6.07) is 5.09. The summed E-state index contributed by atoms with van der Waals surface area (Å²) in [7, 11) is 1.65. The number of aryl methyl sites for hydroxylation is 1. The van der Waals surface area contributed by atoms with Gasteiger partial charge >= 0.3 is 0 Å². The van der Waals surface area contributed by atoms with E-state index in [0.717, 1.165) is 17.3 Å². The van der Waals surface area contributed by atoms with Gasteiger partial charge in [-0.25, -0.2) is 4.39 Å². The van der Waals surface area contributed by atoms with Crippen molar-refractivity contribution in [1.82, 2.24) is 16.0 Å². The van der Waals surface area contributed by atoms with Crippen LogP contribution in [0.1, 0.15) is 25.3 Å². The van der Waals surface area contributed by atoms with Gasteiger partial charge in [0.05, 0.1) is 6.54 Å². The van der Waals surface area contributed by atoms with Crippen molar-refractivity contribution in [3.8, 4) is 0 Å². The molecule has 1 amide bonds. The second kappa shape index (κ2) is 13.4. The van der Waals surface area contributed by atoms with Crippen LogP contribution in [0.25, 0.3) is 0 Å². The standard InChI is InChI=1S/C16H24BrFN4O.HI/c1-3-8-20-15(23)11-22-16(19-2)21-9-4-5-12-6-7-13(17)10-14(12)18;/h6-7,10H,3-5,8-9,11H2,1-2H3,(H,20,23)(H2,19,21,22);1H. The monoisotopic (exact) mass is 514 g/mol. The van der Waals surface area contributed by atoms with Gasteiger partial charge in [-0.2, -0.15) is 0 Å². The Morgan fingerprint density at radius 3 is 2.62 bits per heavy atom. The molecule has 24 heavy (non-hydrogen) atoms. The van der Waals surface area contributed by atoms with E-state index in [1.54, 1.807) is 13.1 Å². The lowest BCUT2D eigenvalue weighted by Gasteiger charge is -2.12. The van der Waals surface area contributed by atoms with Crippen molar-refractivity contribution < 1.29 is 9.18 Å². The van der Waals surface area contributed by atoms with Crippen LogP contribution in [0.2, 0.25) is 0 Å². The molecule has 0 saturated carbocycles. The first-order valence-electron chi connectivity index (χ1n) is 7.72. The zero-order valence-corrected chi connectivity index (χ0v) is 17.9. The van der Waals surface area contributed by atoms with Crippen molar-refractivity contribution in [1.29, 1.82) is 0 Å². The summed E-state index contributed by atoms with van der Waals surface area (Å²) in [5, 5.41) is 8.83. The lowest BCUT2D eigenvalue weighted by Crippen LogP contribution is -2.43. The van der Waals surface area contributed by atoms with Gasteiger partial charge in [0.1, 0.15) is 5.82 Å². The van der Waals surface area contributed by atoms with Gasteiger partial charge in [-0.15, -0.1) is 24.0 Å². The molecular formula is C16H25BrFIN4O. The zero-order chi connectivity index (χ0) is 17.1. The molecule has 0 aliphatic rings. The molecule has 0 unspecified atom stereocenters. The van der Waals surface area contributed by atoms with Crippen molar-refractivity contribution >= 4 is 51.8 Å². The molecule has 1 aromatic carbocycles. The van der Waals surface area contributed by atoms with Crippen molar-refractivity contribution in [2.45, 2.75) is 26.2 Å². The molecule has 0 atom stereocenters. The Morgan fingerprint density at radius 1 is 1.25 bits per heavy atom. The molecule has 5 nitrogen and oxygen atoms in total. The van der Waals surface area contributed by atoms with Crippen LogP contribution in [0.3, 0.4) is 0 Å². The Bertz CT molecular complexity index is 543. The fourth-order valence-electron chi connectivity index (χ4n) is 1.92. The van der Waals surface area contributed by atoms with E-state index < -0.39 is 0 Å². The molecule has 0 spiro atoms. The molecule has 0 aromatic heterocycles. The van der Waals surface area contributed by atoms with Crippen molar-refractivity contribution in [3.63, 3.8) is 0 Å². The number of aliphatic imine (C=N–C) groups is 1. The maximum absolute atomic E-state index is 13.7. The number of carbonyl (C=O) groups excluding carboxylic acids is 1. The fraction of sp³-hybridized carbons (Fsp3) is 0.500. The quantitative estimate of drug-likeness (QED) is 0.216. The molecule has 0 aliphatic carbocycles. The molecule has 0 radical (unpaired) electrons. The lowest BCUT2D eigenvalue weighted by molar-refractivity contribution is -0.120. The Kier molecular flexibility index (Phi) is 12.9. The molecular weight excluding hydrogens is 490 g/mol. The number of guanidine groups is 1. The first kappa shape index (κ1) is 23.1. The van der Waals surface area contributed by atoms with Gasteiger partial charge in [-0.1, -0.05) is 28.9 Å². The van der Waals surface area contributed by atoms with Crippen LogP contribution in [0.4, 0.5) is 4.39 Å². The molecule has 0 heterocycles. The van der Waals surface area contributed by atoms with Crippen LogP contribution in [0, 0.1) is 5.82 Å². The van der Waals surface area contributed by atoms with Gasteiger partial charge in [0.25, 0.3) is 0 Å². The summed E-state index contributed by atoms with van der Waals surface area (Å²) in [5.74, 6) is 0.300. The first-order chi connectivity index (χ1) is 11.1. The van der Waals surface area contributed by atoms with Crippen LogP contribution >= 0.6 is 39.9 Å². The summed E-state index contributed by atoms with van der Waals surface area (Å²) in [5.41, 5.74) is 0.692. The summed E-state index contributed by atoms with van der Waals surface area (Å²) in [4.78, 5) is 15.5. The van der Waals surface area contributed by atoms with Crippen LogP contribution < -0.4 is 16.0 Å². The molecule has 8 heteroatoms. The predicted octanol–water partition coefficient (Wildman–Crippen LogP) is 2.83. The number of nitrogens with one attached hydrogen (secondary N) is 3. The third kappa shape index (κ3) is 9.41. The molecule has 0 bridgehead atoms. The van der Waals surface area contributed by atoms with Gasteiger partial charge in [-0.05, 0) is 37.0 Å². The maximum atomic E-state index is 13.7. The number of hydrogen-bond acceptors (Lipinski definition) is 2. The minimum absolute atomic E-state index is 0. The summed E-state index contributed by atoms with van der Waals surface area (Å²) in [6.45, 7) is 3.50. The maximum Gasteiger partial charge on any atom is 0.239 e. The minimum Gasteiger partial charge on any atom is -0.356 e. The van der Waals surface area contributed by atoms with Crippen LogP contribution in [-0.2, 0) is 11.2 Å². The third-order valence-corrected chi connectivity index (χ3v) is 3.64. The minimum atomic E-state index is -0.200. The Hall–Kier alpha value is -0.900. The molecule has 0 fully saturated rings. The number of carbonyl (C=O) groups is 1. The molecule has 0 saturated heterocycles. The van der Waals surface area contributed by atoms with E-state index in [2.05, 4.69) is 36.9 Å². The SMILES string of the molecule is CCCNC(=O)CNC(=NC)NCCCc1ccc(Br)cc1F.I. The highest BCUT2D eigenvalue weighted by Gasteiger charge is 2.04. The average molecular weight is 515 g/mol. The largest absolute Gasteiger partial charge is 0.356 e. The van der Waals surface area contributed by atoms with Crippen LogP contribution in [0.5, 0.6) is 0 Å². The Labute approximate surface area is 168 Å². The van der Waals surface area contributed by atoms with E-state index in [1.807, 2.05) is 13.0 Å². The summed E-state index contributed by atoms with van der Waals surface area (Å²) < 4.78 is 14.4. The lowest BCUT2D eigenvalue weighted by atomic mass is 10.1. The van der Waals surface area contributed by atoms with Crippen molar-refractivity contribution in [3.05, 3.63) is 34.1 Å². The predicted molar refractivity (Wildman–Crippen MR) is 111 cm³/mol. The normalized spacial score (nSPS) is 10.8. The third-order valence-electron chi connectivity index (χ3n) is 3.14. The Balaban J connectivity index is 0.00000529. The van der Waals surface area contributed by atoms with Gasteiger partial charge in [-0.3, -0.25) is 9.79 Å². The second-order valence-corrected chi connectivity index (χ2v) is 5.96. The second-order valence-electron chi connectivity index (χ2n) is 5.04. The van der Waals surface area contributed by atoms with Gasteiger partial charge in [0, 0.05) is 24.6 Å². The van der Waals surface area contributed by atoms with E-state index in [4.69, 9.17) is 0 Å². The number of benzene rings is 1. The highest BCUT2D eigenvalue weighted by molar-refractivity contribution is 14.0. The molecule has 1 aromatic rings. The van der Waals surface area contributed by atoms with Gasteiger partial charge < -0.3 is 16.0 Å². The number of halogens is 3. The van der Waals surface area contributed by atoms with Crippen LogP contribution in [0.15, 0.2) is 27.7 Å². The molecule has 1 rings (SSSR count). The molecule has 0 aliphatic heterocycles. The van der Waals surface area contributed by atoms with Crippen LogP contribution in [-0.4, -0.2) is 38.5 Å². The topological polar surface area (TPSA) is 65.5 Å². The zero-order valence-electron chi connectivity index (χ0n) is 14.0. The highest BCUT2D eigenvalue weighted by atomic mass is 127. The van der Waals surface area contributed by atoms with E-state index in [9.17, 15) is 9.18 Å². The van der Waals surface area contributed by atoms with E-state index in [-0.39, 0.29) is 42.2 Å². The number of nitrogens with zero attached hydrogens (tertiary/aromatic N) is 1.